The molecule has 1 unspecified atom stereocenters. The fourth-order valence-electron chi connectivity index (χ4n) is 3.66. The number of alkyl halides is 3. The summed E-state index contributed by atoms with van der Waals surface area (Å²) in [4.78, 5) is 25.8. The normalized spacial score (nSPS) is 26.3. The number of nitrogens with zero attached hydrogens (tertiary/aromatic N) is 1. The molecule has 1 aromatic rings. The molecule has 2 N–H and O–H groups in total. The first-order chi connectivity index (χ1) is 13.1. The number of hydrogen-bond donors (Lipinski definition) is 2. The molecule has 0 radical (unpaired) electrons. The van der Waals surface area contributed by atoms with Gasteiger partial charge in [-0.2, -0.15) is 13.2 Å². The lowest BCUT2D eigenvalue weighted by atomic mass is 9.69. The third-order valence-corrected chi connectivity index (χ3v) is 5.74. The van der Waals surface area contributed by atoms with Crippen molar-refractivity contribution in [3.63, 3.8) is 0 Å². The maximum atomic E-state index is 13.5. The second-order valence-electron chi connectivity index (χ2n) is 7.23. The Morgan fingerprint density at radius 3 is 2.64 bits per heavy atom. The Kier molecular flexibility index (Phi) is 5.74. The molecule has 154 valence electrons. The smallest absolute Gasteiger partial charge is 0.353 e. The number of hydrogen-bond acceptors (Lipinski definition) is 2. The van der Waals surface area contributed by atoms with Crippen molar-refractivity contribution >= 4 is 23.5 Å². The van der Waals surface area contributed by atoms with Crippen molar-refractivity contribution in [3.8, 4) is 0 Å². The molecule has 1 heterocycles. The van der Waals surface area contributed by atoms with E-state index in [-0.39, 0.29) is 30.3 Å². The van der Waals surface area contributed by atoms with E-state index in [4.69, 9.17) is 11.6 Å². The summed E-state index contributed by atoms with van der Waals surface area (Å²) in [6, 6.07) is 1.82. The molecule has 3 rings (SSSR count). The Morgan fingerprint density at radius 2 is 2.04 bits per heavy atom. The minimum absolute atomic E-state index is 0.139. The summed E-state index contributed by atoms with van der Waals surface area (Å²) in [7, 11) is 0. The standard InChI is InChI=1S/C18H20ClF4N3O2/c1-9-16(27)24-4-5-26(9)17(28)25-15(10-2-3-14(20)13(19)8-10)11-6-12(7-11)18(21,22)23/h2-3,8-9,11-12,15H,4-7H2,1H3,(H,24,27)(H,25,28)/t9-,11-,12-,15?/m1/s1. The van der Waals surface area contributed by atoms with Crippen molar-refractivity contribution in [2.45, 2.75) is 38.0 Å². The van der Waals surface area contributed by atoms with Crippen molar-refractivity contribution in [1.82, 2.24) is 15.5 Å². The predicted octanol–water partition coefficient (Wildman–Crippen LogP) is 3.64. The fraction of sp³-hybridized carbons (Fsp3) is 0.556. The zero-order valence-corrected chi connectivity index (χ0v) is 15.8. The number of nitrogens with one attached hydrogen (secondary N) is 2. The highest BCUT2D eigenvalue weighted by atomic mass is 35.5. The number of rotatable bonds is 3. The molecule has 10 heteroatoms. The van der Waals surface area contributed by atoms with Gasteiger partial charge in [0.25, 0.3) is 0 Å². The number of amides is 3. The van der Waals surface area contributed by atoms with Crippen LogP contribution in [0.4, 0.5) is 22.4 Å². The summed E-state index contributed by atoms with van der Waals surface area (Å²) in [6.07, 6.45) is -4.57. The van der Waals surface area contributed by atoms with Crippen LogP contribution in [0.25, 0.3) is 0 Å². The van der Waals surface area contributed by atoms with Crippen molar-refractivity contribution in [2.24, 2.45) is 11.8 Å². The Morgan fingerprint density at radius 1 is 1.36 bits per heavy atom. The Bertz CT molecular complexity index is 768. The zero-order chi connectivity index (χ0) is 20.6. The van der Waals surface area contributed by atoms with Gasteiger partial charge in [-0.3, -0.25) is 4.79 Å². The maximum Gasteiger partial charge on any atom is 0.391 e. The first kappa shape index (κ1) is 20.7. The van der Waals surface area contributed by atoms with Crippen LogP contribution in [-0.2, 0) is 4.79 Å². The van der Waals surface area contributed by atoms with Crippen molar-refractivity contribution in [1.29, 1.82) is 0 Å². The van der Waals surface area contributed by atoms with Crippen LogP contribution in [0.2, 0.25) is 5.02 Å². The van der Waals surface area contributed by atoms with E-state index < -0.39 is 41.9 Å². The summed E-state index contributed by atoms with van der Waals surface area (Å²) in [6.45, 7) is 2.15. The average molecular weight is 422 g/mol. The highest BCUT2D eigenvalue weighted by Gasteiger charge is 2.50. The molecule has 0 aromatic heterocycles. The topological polar surface area (TPSA) is 61.4 Å². The summed E-state index contributed by atoms with van der Waals surface area (Å²) < 4.78 is 52.2. The molecule has 3 amide bonds. The van der Waals surface area contributed by atoms with Gasteiger partial charge in [-0.25, -0.2) is 9.18 Å². The van der Waals surface area contributed by atoms with E-state index in [1.54, 1.807) is 6.92 Å². The molecule has 1 aliphatic carbocycles. The van der Waals surface area contributed by atoms with Gasteiger partial charge >= 0.3 is 12.2 Å². The molecule has 0 bridgehead atoms. The molecular formula is C18H20ClF4N3O2. The van der Waals surface area contributed by atoms with Gasteiger partial charge in [0.1, 0.15) is 11.9 Å². The van der Waals surface area contributed by atoms with Crippen molar-refractivity contribution in [2.75, 3.05) is 13.1 Å². The summed E-state index contributed by atoms with van der Waals surface area (Å²) in [5.74, 6) is -2.85. The van der Waals surface area contributed by atoms with Crippen LogP contribution in [0.5, 0.6) is 0 Å². The quantitative estimate of drug-likeness (QED) is 0.732. The number of carbonyl (C=O) groups excluding carboxylic acids is 2. The largest absolute Gasteiger partial charge is 0.391 e. The van der Waals surface area contributed by atoms with Gasteiger partial charge in [0, 0.05) is 13.1 Å². The van der Waals surface area contributed by atoms with Crippen LogP contribution in [0, 0.1) is 17.7 Å². The van der Waals surface area contributed by atoms with E-state index in [1.807, 2.05) is 0 Å². The average Bonchev–Trinajstić information content (AvgIpc) is 2.56. The minimum Gasteiger partial charge on any atom is -0.353 e. The molecule has 1 aromatic carbocycles. The second-order valence-corrected chi connectivity index (χ2v) is 7.64. The van der Waals surface area contributed by atoms with Gasteiger partial charge in [-0.1, -0.05) is 17.7 Å². The summed E-state index contributed by atoms with van der Waals surface area (Å²) >= 11 is 5.82. The summed E-state index contributed by atoms with van der Waals surface area (Å²) in [5, 5.41) is 5.20. The number of carbonyl (C=O) groups is 2. The molecule has 1 saturated carbocycles. The van der Waals surface area contributed by atoms with Crippen LogP contribution in [0.3, 0.4) is 0 Å². The SMILES string of the molecule is C[C@@H]1C(=O)NCCN1C(=O)NC(c1ccc(F)c(Cl)c1)[C@H]1C[C@H](C(F)(F)F)C1. The molecule has 2 aliphatic rings. The van der Waals surface area contributed by atoms with E-state index in [0.717, 1.165) is 6.07 Å². The van der Waals surface area contributed by atoms with Gasteiger partial charge in [-0.05, 0) is 43.4 Å². The molecular weight excluding hydrogens is 402 g/mol. The first-order valence-electron chi connectivity index (χ1n) is 8.94. The van der Waals surface area contributed by atoms with Crippen LogP contribution in [0.1, 0.15) is 31.4 Å². The molecule has 5 nitrogen and oxygen atoms in total. The van der Waals surface area contributed by atoms with Crippen molar-refractivity contribution in [3.05, 3.63) is 34.6 Å². The molecule has 0 spiro atoms. The third kappa shape index (κ3) is 4.19. The molecule has 2 atom stereocenters. The highest BCUT2D eigenvalue weighted by molar-refractivity contribution is 6.30. The van der Waals surface area contributed by atoms with Crippen LogP contribution in [0.15, 0.2) is 18.2 Å². The van der Waals surface area contributed by atoms with Crippen LogP contribution < -0.4 is 10.6 Å². The first-order valence-corrected chi connectivity index (χ1v) is 9.32. The lowest BCUT2D eigenvalue weighted by Gasteiger charge is -2.43. The number of benzene rings is 1. The van der Waals surface area contributed by atoms with Gasteiger partial charge in [-0.15, -0.1) is 0 Å². The zero-order valence-electron chi connectivity index (χ0n) is 15.0. The van der Waals surface area contributed by atoms with E-state index in [0.29, 0.717) is 12.1 Å². The number of piperazine rings is 1. The number of urea groups is 1. The Hall–Kier alpha value is -2.03. The maximum absolute atomic E-state index is 13.5. The Labute approximate surface area is 164 Å². The van der Waals surface area contributed by atoms with E-state index in [9.17, 15) is 27.2 Å². The molecule has 28 heavy (non-hydrogen) atoms. The van der Waals surface area contributed by atoms with Gasteiger partial charge in [0.2, 0.25) is 5.91 Å². The van der Waals surface area contributed by atoms with E-state index in [2.05, 4.69) is 10.6 Å². The van der Waals surface area contributed by atoms with Gasteiger partial charge in [0.15, 0.2) is 0 Å². The van der Waals surface area contributed by atoms with E-state index >= 15 is 0 Å². The summed E-state index contributed by atoms with van der Waals surface area (Å²) in [5.41, 5.74) is 0.430. The lowest BCUT2D eigenvalue weighted by molar-refractivity contribution is -0.206. The molecule has 1 saturated heterocycles. The van der Waals surface area contributed by atoms with Crippen LogP contribution >= 0.6 is 11.6 Å². The third-order valence-electron chi connectivity index (χ3n) is 5.45. The fourth-order valence-corrected chi connectivity index (χ4v) is 3.85. The monoisotopic (exact) mass is 421 g/mol. The van der Waals surface area contributed by atoms with Gasteiger partial charge < -0.3 is 15.5 Å². The van der Waals surface area contributed by atoms with Crippen molar-refractivity contribution < 1.29 is 27.2 Å². The van der Waals surface area contributed by atoms with Crippen LogP contribution in [-0.4, -0.2) is 42.1 Å². The Balaban J connectivity index is 1.79. The molecule has 1 aliphatic heterocycles. The second kappa shape index (κ2) is 7.77. The highest BCUT2D eigenvalue weighted by Crippen LogP contribution is 2.49. The minimum atomic E-state index is -4.29. The van der Waals surface area contributed by atoms with E-state index in [1.165, 1.54) is 17.0 Å². The predicted molar refractivity (Wildman–Crippen MR) is 94.1 cm³/mol. The molecule has 2 fully saturated rings. The van der Waals surface area contributed by atoms with Gasteiger partial charge in [0.05, 0.1) is 17.0 Å². The lowest BCUT2D eigenvalue weighted by Crippen LogP contribution is -2.59. The number of halogens is 5.